The molecule has 2 fully saturated rings. The molecule has 1 aromatic rings. The van der Waals surface area contributed by atoms with E-state index in [1.807, 2.05) is 12.1 Å². The van der Waals surface area contributed by atoms with Crippen molar-refractivity contribution in [2.24, 2.45) is 11.8 Å². The average Bonchev–Trinajstić information content (AvgIpc) is 2.68. The first-order chi connectivity index (χ1) is 13.0. The van der Waals surface area contributed by atoms with E-state index < -0.39 is 12.2 Å². The van der Waals surface area contributed by atoms with Crippen LogP contribution >= 0.6 is 0 Å². The maximum absolute atomic E-state index is 15.2. The second-order valence-electron chi connectivity index (χ2n) is 8.90. The molecule has 0 heterocycles. The van der Waals surface area contributed by atoms with Crippen LogP contribution in [0.1, 0.15) is 119 Å². The van der Waals surface area contributed by atoms with Gasteiger partial charge < -0.3 is 0 Å². The van der Waals surface area contributed by atoms with Gasteiger partial charge in [0.15, 0.2) is 0 Å². The Balaban J connectivity index is 1.79. The van der Waals surface area contributed by atoms with Gasteiger partial charge in [0.2, 0.25) is 0 Å². The molecule has 2 aliphatic carbocycles. The van der Waals surface area contributed by atoms with Crippen molar-refractivity contribution in [1.82, 2.24) is 0 Å². The smallest absolute Gasteiger partial charge is 0.206 e. The summed E-state index contributed by atoms with van der Waals surface area (Å²) in [5.41, 5.74) is 0.843. The summed E-state index contributed by atoms with van der Waals surface area (Å²) in [7, 11) is 0. The molecule has 0 radical (unpaired) electrons. The highest BCUT2D eigenvalue weighted by Crippen LogP contribution is 2.44. The second-order valence-corrected chi connectivity index (χ2v) is 8.90. The lowest BCUT2D eigenvalue weighted by molar-refractivity contribution is 0.143. The van der Waals surface area contributed by atoms with Crippen LogP contribution in [-0.4, -0.2) is 0 Å². The number of rotatable bonds is 6. The monoisotopic (exact) mass is 380 g/mol. The maximum Gasteiger partial charge on any atom is 0.266 e. The van der Waals surface area contributed by atoms with Crippen LogP contribution in [0.5, 0.6) is 0 Å². The van der Waals surface area contributed by atoms with Crippen LogP contribution < -0.4 is 0 Å². The minimum atomic E-state index is -2.72. The molecule has 0 aromatic heterocycles. The number of benzene rings is 1. The Bertz CT molecular complexity index is 594. The lowest BCUT2D eigenvalue weighted by Gasteiger charge is -2.32. The van der Waals surface area contributed by atoms with Gasteiger partial charge in [0.05, 0.1) is 5.56 Å². The Hall–Kier alpha value is -0.990. The fraction of sp³-hybridized carbons (Fsp3) is 0.750. The minimum absolute atomic E-state index is 0.0986. The van der Waals surface area contributed by atoms with E-state index in [0.29, 0.717) is 11.1 Å². The lowest BCUT2D eigenvalue weighted by Crippen LogP contribution is -2.18. The highest BCUT2D eigenvalue weighted by molar-refractivity contribution is 5.39. The van der Waals surface area contributed by atoms with Crippen molar-refractivity contribution in [2.45, 2.75) is 103 Å². The van der Waals surface area contributed by atoms with Crippen LogP contribution in [0.3, 0.4) is 0 Å². The van der Waals surface area contributed by atoms with E-state index >= 15 is 4.39 Å². The molecule has 0 N–H and O–H groups in total. The van der Waals surface area contributed by atoms with Gasteiger partial charge in [0.1, 0.15) is 5.82 Å². The highest BCUT2D eigenvalue weighted by Gasteiger charge is 2.31. The van der Waals surface area contributed by atoms with Gasteiger partial charge in [0.25, 0.3) is 6.43 Å². The van der Waals surface area contributed by atoms with Crippen LogP contribution in [0.25, 0.3) is 0 Å². The summed E-state index contributed by atoms with van der Waals surface area (Å²) in [6, 6.07) is 3.68. The molecular weight excluding hydrogens is 345 g/mol. The molecule has 3 heteroatoms. The van der Waals surface area contributed by atoms with E-state index in [1.165, 1.54) is 12.8 Å². The predicted octanol–water partition coefficient (Wildman–Crippen LogP) is 8.52. The van der Waals surface area contributed by atoms with Crippen LogP contribution in [0.2, 0.25) is 0 Å². The third-order valence-corrected chi connectivity index (χ3v) is 7.31. The van der Waals surface area contributed by atoms with Crippen LogP contribution in [0, 0.1) is 17.7 Å². The topological polar surface area (TPSA) is 0 Å². The highest BCUT2D eigenvalue weighted by atomic mass is 19.3. The lowest BCUT2D eigenvalue weighted by atomic mass is 9.74. The molecule has 0 aliphatic heterocycles. The second kappa shape index (κ2) is 9.47. The van der Waals surface area contributed by atoms with Gasteiger partial charge in [0, 0.05) is 0 Å². The molecular formula is C24H35F3. The summed E-state index contributed by atoms with van der Waals surface area (Å²) in [4.78, 5) is 0. The van der Waals surface area contributed by atoms with Gasteiger partial charge in [-0.2, -0.15) is 0 Å². The van der Waals surface area contributed by atoms with Crippen molar-refractivity contribution < 1.29 is 13.2 Å². The van der Waals surface area contributed by atoms with Crippen LogP contribution in [0.4, 0.5) is 13.2 Å². The first kappa shape index (κ1) is 20.7. The molecule has 0 bridgehead atoms. The molecule has 2 saturated carbocycles. The molecule has 0 saturated heterocycles. The van der Waals surface area contributed by atoms with Crippen LogP contribution in [-0.2, 0) is 0 Å². The molecule has 0 atom stereocenters. The van der Waals surface area contributed by atoms with E-state index in [1.54, 1.807) is 0 Å². The van der Waals surface area contributed by atoms with Crippen LogP contribution in [0.15, 0.2) is 12.1 Å². The molecule has 0 amide bonds. The molecule has 0 unspecified atom stereocenters. The summed E-state index contributed by atoms with van der Waals surface area (Å²) < 4.78 is 42.9. The Kier molecular flexibility index (Phi) is 7.28. The largest absolute Gasteiger partial charge is 0.266 e. The molecule has 0 nitrogen and oxygen atoms in total. The Morgan fingerprint density at radius 1 is 0.815 bits per heavy atom. The summed E-state index contributed by atoms with van der Waals surface area (Å²) in [6.45, 7) is 4.40. The van der Waals surface area contributed by atoms with E-state index in [2.05, 4.69) is 13.8 Å². The Labute approximate surface area is 162 Å². The van der Waals surface area contributed by atoms with Gasteiger partial charge in [-0.25, -0.2) is 13.2 Å². The van der Waals surface area contributed by atoms with Gasteiger partial charge in [-0.05, 0) is 86.2 Å². The number of hydrogen-bond donors (Lipinski definition) is 0. The molecule has 152 valence electrons. The van der Waals surface area contributed by atoms with Gasteiger partial charge >= 0.3 is 0 Å². The van der Waals surface area contributed by atoms with E-state index in [0.717, 1.165) is 69.6 Å². The summed E-state index contributed by atoms with van der Waals surface area (Å²) in [5, 5.41) is 0. The van der Waals surface area contributed by atoms with Gasteiger partial charge in [-0.1, -0.05) is 45.2 Å². The van der Waals surface area contributed by atoms with Gasteiger partial charge in [-0.15, -0.1) is 0 Å². The molecule has 2 aliphatic rings. The normalized spacial score (nSPS) is 29.3. The quantitative estimate of drug-likeness (QED) is 0.464. The molecule has 27 heavy (non-hydrogen) atoms. The fourth-order valence-electron chi connectivity index (χ4n) is 5.57. The predicted molar refractivity (Wildman–Crippen MR) is 106 cm³/mol. The van der Waals surface area contributed by atoms with E-state index in [-0.39, 0.29) is 17.4 Å². The molecule has 3 rings (SSSR count). The van der Waals surface area contributed by atoms with Crippen molar-refractivity contribution >= 4 is 0 Å². The van der Waals surface area contributed by atoms with Crippen molar-refractivity contribution in [1.29, 1.82) is 0 Å². The molecule has 0 spiro atoms. The minimum Gasteiger partial charge on any atom is -0.206 e. The zero-order chi connectivity index (χ0) is 19.4. The summed E-state index contributed by atoms with van der Waals surface area (Å²) in [5.74, 6) is 1.05. The average molecular weight is 381 g/mol. The number of halogens is 3. The zero-order valence-electron chi connectivity index (χ0n) is 17.0. The Morgan fingerprint density at radius 3 is 1.85 bits per heavy atom. The van der Waals surface area contributed by atoms with Crippen molar-refractivity contribution in [3.63, 3.8) is 0 Å². The van der Waals surface area contributed by atoms with Crippen molar-refractivity contribution in [3.8, 4) is 0 Å². The third-order valence-electron chi connectivity index (χ3n) is 7.31. The fourth-order valence-corrected chi connectivity index (χ4v) is 5.57. The first-order valence-corrected chi connectivity index (χ1v) is 11.1. The maximum atomic E-state index is 15.2. The summed E-state index contributed by atoms with van der Waals surface area (Å²) >= 11 is 0. The van der Waals surface area contributed by atoms with Gasteiger partial charge in [-0.3, -0.25) is 0 Å². The SMILES string of the molecule is CCCC1CCC(c2ccc(C3CCC(CC)CC3)c(F)c2C(F)F)CC1. The molecule has 1 aromatic carbocycles. The van der Waals surface area contributed by atoms with E-state index in [9.17, 15) is 8.78 Å². The third kappa shape index (κ3) is 4.71. The standard InChI is InChI=1S/C24H35F3/c1-3-5-17-8-12-18(13-9-17)20-14-15-21(23(25)22(20)24(26)27)19-10-6-16(4-2)7-11-19/h14-19,24H,3-13H2,1-2H3. The Morgan fingerprint density at radius 2 is 1.33 bits per heavy atom. The van der Waals surface area contributed by atoms with Crippen molar-refractivity contribution in [3.05, 3.63) is 34.6 Å². The number of alkyl halides is 2. The van der Waals surface area contributed by atoms with E-state index in [4.69, 9.17) is 0 Å². The summed E-state index contributed by atoms with van der Waals surface area (Å²) in [6.07, 6.45) is 8.91. The first-order valence-electron chi connectivity index (χ1n) is 11.1. The number of hydrogen-bond acceptors (Lipinski definition) is 0. The zero-order valence-corrected chi connectivity index (χ0v) is 17.0. The van der Waals surface area contributed by atoms with Crippen molar-refractivity contribution in [2.75, 3.05) is 0 Å².